The lowest BCUT2D eigenvalue weighted by molar-refractivity contribution is -0.163. The maximum atomic E-state index is 12.6. The third kappa shape index (κ3) is 4.47. The van der Waals surface area contributed by atoms with Gasteiger partial charge in [0.05, 0.1) is 12.5 Å². The Kier molecular flexibility index (Phi) is 6.93. The van der Waals surface area contributed by atoms with Gasteiger partial charge in [-0.05, 0) is 76.7 Å². The molecule has 4 heteroatoms. The van der Waals surface area contributed by atoms with Crippen molar-refractivity contribution >= 4 is 11.9 Å². The number of hydrogen-bond donors (Lipinski definition) is 0. The van der Waals surface area contributed by atoms with Crippen LogP contribution in [0.25, 0.3) is 0 Å². The molecule has 152 valence electrons. The number of methoxy groups -OCH3 is 1. The lowest BCUT2D eigenvalue weighted by Gasteiger charge is -2.55. The summed E-state index contributed by atoms with van der Waals surface area (Å²) in [5, 5.41) is 0. The monoisotopic (exact) mass is 376 g/mol. The molecule has 4 nitrogen and oxygen atoms in total. The summed E-state index contributed by atoms with van der Waals surface area (Å²) in [5.74, 6) is 0.0505. The van der Waals surface area contributed by atoms with Crippen molar-refractivity contribution in [2.45, 2.75) is 79.6 Å². The van der Waals surface area contributed by atoms with Crippen LogP contribution in [-0.4, -0.2) is 25.7 Å². The average Bonchev–Trinajstić information content (AvgIpc) is 2.59. The predicted octanol–water partition coefficient (Wildman–Crippen LogP) is 5.37. The number of ether oxygens (including phenoxy) is 2. The molecule has 2 aliphatic carbocycles. The average molecular weight is 377 g/mol. The summed E-state index contributed by atoms with van der Waals surface area (Å²) in [6.45, 7) is 10.6. The second-order valence-electron chi connectivity index (χ2n) is 8.88. The minimum absolute atomic E-state index is 0.0465. The SMILES string of the molecule is COC(=O)[C@@]1(C)CCC[C@]2(C)C(CC/C(C)=C/COC(C)=O)=C(C)CC[C@@H]12. The molecule has 0 radical (unpaired) electrons. The van der Waals surface area contributed by atoms with Gasteiger partial charge in [0.1, 0.15) is 6.61 Å². The van der Waals surface area contributed by atoms with Crippen LogP contribution >= 0.6 is 0 Å². The summed E-state index contributed by atoms with van der Waals surface area (Å²) >= 11 is 0. The number of carbonyl (C=O) groups excluding carboxylic acids is 2. The highest BCUT2D eigenvalue weighted by molar-refractivity contribution is 5.77. The molecule has 0 aromatic heterocycles. The van der Waals surface area contributed by atoms with Gasteiger partial charge in [-0.1, -0.05) is 30.1 Å². The quantitative estimate of drug-likeness (QED) is 0.462. The minimum Gasteiger partial charge on any atom is -0.469 e. The third-order valence-electron chi connectivity index (χ3n) is 7.08. The molecule has 2 aliphatic rings. The molecule has 2 rings (SSSR count). The predicted molar refractivity (Wildman–Crippen MR) is 107 cm³/mol. The number of allylic oxidation sites excluding steroid dienone is 3. The fraction of sp³-hybridized carbons (Fsp3) is 0.739. The van der Waals surface area contributed by atoms with E-state index in [1.165, 1.54) is 30.8 Å². The van der Waals surface area contributed by atoms with E-state index in [1.54, 1.807) is 0 Å². The van der Waals surface area contributed by atoms with E-state index in [-0.39, 0.29) is 22.8 Å². The Balaban J connectivity index is 2.18. The number of fused-ring (bicyclic) bond motifs is 1. The second kappa shape index (κ2) is 8.62. The van der Waals surface area contributed by atoms with E-state index < -0.39 is 0 Å². The highest BCUT2D eigenvalue weighted by Gasteiger charge is 2.55. The molecular formula is C23H36O4. The highest BCUT2D eigenvalue weighted by atomic mass is 16.5. The largest absolute Gasteiger partial charge is 0.469 e. The van der Waals surface area contributed by atoms with Gasteiger partial charge in [0, 0.05) is 6.92 Å². The van der Waals surface area contributed by atoms with Gasteiger partial charge in [0.15, 0.2) is 0 Å². The first kappa shape index (κ1) is 21.7. The van der Waals surface area contributed by atoms with Crippen LogP contribution in [0.2, 0.25) is 0 Å². The van der Waals surface area contributed by atoms with E-state index in [2.05, 4.69) is 27.7 Å². The Morgan fingerprint density at radius 1 is 1.22 bits per heavy atom. The van der Waals surface area contributed by atoms with Gasteiger partial charge < -0.3 is 9.47 Å². The molecule has 0 N–H and O–H groups in total. The molecule has 3 atom stereocenters. The molecule has 0 heterocycles. The summed E-state index contributed by atoms with van der Waals surface area (Å²) in [4.78, 5) is 23.5. The smallest absolute Gasteiger partial charge is 0.311 e. The first-order chi connectivity index (χ1) is 12.6. The van der Waals surface area contributed by atoms with Crippen molar-refractivity contribution < 1.29 is 19.1 Å². The van der Waals surface area contributed by atoms with Crippen LogP contribution in [0.4, 0.5) is 0 Å². The molecule has 1 fully saturated rings. The number of carbonyl (C=O) groups is 2. The molecule has 0 aliphatic heterocycles. The molecule has 0 bridgehead atoms. The maximum Gasteiger partial charge on any atom is 0.311 e. The van der Waals surface area contributed by atoms with Gasteiger partial charge in [-0.15, -0.1) is 0 Å². The highest BCUT2D eigenvalue weighted by Crippen LogP contribution is 2.60. The van der Waals surface area contributed by atoms with Gasteiger partial charge in [0.25, 0.3) is 0 Å². The first-order valence-corrected chi connectivity index (χ1v) is 10.2. The minimum atomic E-state index is -0.381. The summed E-state index contributed by atoms with van der Waals surface area (Å²) in [6, 6.07) is 0. The van der Waals surface area contributed by atoms with Crippen molar-refractivity contribution in [3.05, 3.63) is 22.8 Å². The molecule has 0 aromatic rings. The maximum absolute atomic E-state index is 12.6. The van der Waals surface area contributed by atoms with Crippen LogP contribution in [0, 0.1) is 16.7 Å². The summed E-state index contributed by atoms with van der Waals surface area (Å²) in [7, 11) is 1.52. The van der Waals surface area contributed by atoms with E-state index in [9.17, 15) is 9.59 Å². The molecule has 1 saturated carbocycles. The molecule has 27 heavy (non-hydrogen) atoms. The van der Waals surface area contributed by atoms with Crippen LogP contribution in [0.5, 0.6) is 0 Å². The topological polar surface area (TPSA) is 52.6 Å². The van der Waals surface area contributed by atoms with E-state index in [0.717, 1.165) is 44.9 Å². The van der Waals surface area contributed by atoms with Crippen molar-refractivity contribution in [1.29, 1.82) is 0 Å². The third-order valence-corrected chi connectivity index (χ3v) is 7.08. The summed E-state index contributed by atoms with van der Waals surface area (Å²) < 4.78 is 10.2. The van der Waals surface area contributed by atoms with Gasteiger partial charge in [-0.3, -0.25) is 9.59 Å². The Bertz CT molecular complexity index is 645. The van der Waals surface area contributed by atoms with E-state index >= 15 is 0 Å². The van der Waals surface area contributed by atoms with Crippen molar-refractivity contribution in [3.8, 4) is 0 Å². The van der Waals surface area contributed by atoms with Crippen LogP contribution in [0.1, 0.15) is 79.6 Å². The Morgan fingerprint density at radius 3 is 2.56 bits per heavy atom. The Labute approximate surface area is 164 Å². The fourth-order valence-electron chi connectivity index (χ4n) is 5.57. The molecule has 0 spiro atoms. The van der Waals surface area contributed by atoms with Gasteiger partial charge >= 0.3 is 11.9 Å². The van der Waals surface area contributed by atoms with Crippen molar-refractivity contribution in [1.82, 2.24) is 0 Å². The van der Waals surface area contributed by atoms with Gasteiger partial charge in [0.2, 0.25) is 0 Å². The zero-order valence-electron chi connectivity index (χ0n) is 17.9. The Morgan fingerprint density at radius 2 is 1.93 bits per heavy atom. The van der Waals surface area contributed by atoms with Crippen molar-refractivity contribution in [3.63, 3.8) is 0 Å². The van der Waals surface area contributed by atoms with Crippen LogP contribution < -0.4 is 0 Å². The van der Waals surface area contributed by atoms with E-state index in [1.807, 2.05) is 6.08 Å². The van der Waals surface area contributed by atoms with Crippen molar-refractivity contribution in [2.75, 3.05) is 13.7 Å². The molecule has 0 aromatic carbocycles. The zero-order chi connectivity index (χ0) is 20.2. The van der Waals surface area contributed by atoms with Crippen molar-refractivity contribution in [2.24, 2.45) is 16.7 Å². The first-order valence-electron chi connectivity index (χ1n) is 10.2. The van der Waals surface area contributed by atoms with E-state index in [0.29, 0.717) is 12.5 Å². The van der Waals surface area contributed by atoms with Gasteiger partial charge in [-0.2, -0.15) is 0 Å². The Hall–Kier alpha value is -1.58. The number of esters is 2. The van der Waals surface area contributed by atoms with Crippen LogP contribution in [-0.2, 0) is 19.1 Å². The van der Waals surface area contributed by atoms with Crippen LogP contribution in [0.15, 0.2) is 22.8 Å². The lowest BCUT2D eigenvalue weighted by atomic mass is 9.49. The normalized spacial score (nSPS) is 31.3. The molecular weight excluding hydrogens is 340 g/mol. The van der Waals surface area contributed by atoms with E-state index in [4.69, 9.17) is 9.47 Å². The zero-order valence-corrected chi connectivity index (χ0v) is 17.9. The standard InChI is InChI=1S/C23H36O4/c1-16(12-15-27-18(3)24)8-10-19-17(2)9-11-20-22(19,4)13-7-14-23(20,5)21(25)26-6/h12,20H,7-11,13-15H2,1-6H3/b16-12+/t20-,22-,23+/m1/s1. The van der Waals surface area contributed by atoms with Crippen LogP contribution in [0.3, 0.4) is 0 Å². The molecule has 0 unspecified atom stereocenters. The van der Waals surface area contributed by atoms with Gasteiger partial charge in [-0.25, -0.2) is 0 Å². The number of hydrogen-bond acceptors (Lipinski definition) is 4. The molecule has 0 amide bonds. The molecule has 0 saturated heterocycles. The summed E-state index contributed by atoms with van der Waals surface area (Å²) in [6.07, 6.45) is 9.25. The second-order valence-corrected chi connectivity index (χ2v) is 8.88. The summed E-state index contributed by atoms with van der Waals surface area (Å²) in [5.41, 5.74) is 3.96. The fourth-order valence-corrected chi connectivity index (χ4v) is 5.57. The lowest BCUT2D eigenvalue weighted by Crippen LogP contribution is -2.50. The number of rotatable bonds is 6.